The molecule has 1 aliphatic rings. The van der Waals surface area contributed by atoms with Crippen molar-refractivity contribution in [2.45, 2.75) is 32.2 Å². The third-order valence-corrected chi connectivity index (χ3v) is 5.94. The summed E-state index contributed by atoms with van der Waals surface area (Å²) in [4.78, 5) is 36.5. The largest absolute Gasteiger partial charge is 0.344 e. The van der Waals surface area contributed by atoms with E-state index in [-0.39, 0.29) is 30.3 Å². The number of thiophene rings is 1. The molecule has 2 heterocycles. The minimum Gasteiger partial charge on any atom is -0.344 e. The highest BCUT2D eigenvalue weighted by Crippen LogP contribution is 2.26. The molecule has 3 amide bonds. The molecule has 0 bridgehead atoms. The highest BCUT2D eigenvalue weighted by atomic mass is 32.1. The number of benzene rings is 1. The molecular weight excluding hydrogens is 376 g/mol. The van der Waals surface area contributed by atoms with E-state index < -0.39 is 6.04 Å². The average Bonchev–Trinajstić information content (AvgIpc) is 3.10. The fourth-order valence-corrected chi connectivity index (χ4v) is 4.35. The average molecular weight is 403 g/mol. The smallest absolute Gasteiger partial charge is 0.244 e. The molecule has 150 valence electrons. The first-order valence-corrected chi connectivity index (χ1v) is 10.4. The molecule has 7 nitrogen and oxygen atoms in total. The molecule has 8 heteroatoms. The van der Waals surface area contributed by atoms with Crippen LogP contribution in [0, 0.1) is 5.92 Å². The number of carbonyl (C=O) groups is 3. The van der Waals surface area contributed by atoms with Gasteiger partial charge in [-0.25, -0.2) is 0 Å². The summed E-state index contributed by atoms with van der Waals surface area (Å²) in [5.41, 5.74) is 1.03. The molecule has 0 aliphatic carbocycles. The Bertz CT molecular complexity index is 845. The Labute approximate surface area is 168 Å². The Morgan fingerprint density at radius 2 is 1.93 bits per heavy atom. The molecule has 0 unspecified atom stereocenters. The van der Waals surface area contributed by atoms with Crippen LogP contribution in [0.2, 0.25) is 0 Å². The van der Waals surface area contributed by atoms with Gasteiger partial charge in [-0.3, -0.25) is 14.4 Å². The van der Waals surface area contributed by atoms with Crippen LogP contribution < -0.4 is 21.3 Å². The van der Waals surface area contributed by atoms with Gasteiger partial charge in [0.2, 0.25) is 17.7 Å². The van der Waals surface area contributed by atoms with Crippen LogP contribution in [0.5, 0.6) is 0 Å². The van der Waals surface area contributed by atoms with Crippen LogP contribution in [0.25, 0.3) is 10.1 Å². The minimum absolute atomic E-state index is 0.0400. The standard InChI is InChI=1S/C20H26N4O3S/c1-13(25)22-12-23-20(27)17(24-19(26)14-6-8-21-9-7-14)10-15-11-28-18-5-3-2-4-16(15)18/h2-5,11,14,17,21H,6-10,12H2,1H3,(H,22,25)(H,23,27)(H,24,26)/t17-/m1/s1. The number of hydrogen-bond acceptors (Lipinski definition) is 5. The third-order valence-electron chi connectivity index (χ3n) is 4.93. The van der Waals surface area contributed by atoms with E-state index in [4.69, 9.17) is 0 Å². The summed E-state index contributed by atoms with van der Waals surface area (Å²) in [6.07, 6.45) is 1.95. The van der Waals surface area contributed by atoms with Crippen LogP contribution in [-0.2, 0) is 20.8 Å². The maximum absolute atomic E-state index is 12.7. The highest BCUT2D eigenvalue weighted by Gasteiger charge is 2.27. The van der Waals surface area contributed by atoms with E-state index in [9.17, 15) is 14.4 Å². The minimum atomic E-state index is -0.686. The lowest BCUT2D eigenvalue weighted by Gasteiger charge is -2.25. The second-order valence-electron chi connectivity index (χ2n) is 7.00. The quantitative estimate of drug-likeness (QED) is 0.522. The highest BCUT2D eigenvalue weighted by molar-refractivity contribution is 7.17. The molecule has 1 saturated heterocycles. The lowest BCUT2D eigenvalue weighted by molar-refractivity contribution is -0.131. The predicted octanol–water partition coefficient (Wildman–Crippen LogP) is 1.14. The number of nitrogens with one attached hydrogen (secondary N) is 4. The van der Waals surface area contributed by atoms with Gasteiger partial charge in [0, 0.05) is 24.0 Å². The van der Waals surface area contributed by atoms with Crippen molar-refractivity contribution in [2.24, 2.45) is 5.92 Å². The van der Waals surface area contributed by atoms with Crippen LogP contribution in [0.3, 0.4) is 0 Å². The summed E-state index contributed by atoms with van der Waals surface area (Å²) in [7, 11) is 0. The second kappa shape index (κ2) is 9.66. The molecule has 0 saturated carbocycles. The molecular formula is C20H26N4O3S. The van der Waals surface area contributed by atoms with Crippen LogP contribution in [0.1, 0.15) is 25.3 Å². The number of carbonyl (C=O) groups excluding carboxylic acids is 3. The Morgan fingerprint density at radius 3 is 2.68 bits per heavy atom. The zero-order valence-corrected chi connectivity index (χ0v) is 16.7. The van der Waals surface area contributed by atoms with E-state index in [0.29, 0.717) is 6.42 Å². The van der Waals surface area contributed by atoms with Gasteiger partial charge in [0.05, 0.1) is 6.67 Å². The number of amides is 3. The van der Waals surface area contributed by atoms with Gasteiger partial charge in [-0.2, -0.15) is 0 Å². The van der Waals surface area contributed by atoms with E-state index in [2.05, 4.69) is 21.3 Å². The van der Waals surface area contributed by atoms with Crippen molar-refractivity contribution >= 4 is 39.1 Å². The molecule has 4 N–H and O–H groups in total. The van der Waals surface area contributed by atoms with Crippen LogP contribution >= 0.6 is 11.3 Å². The number of piperidine rings is 1. The molecule has 28 heavy (non-hydrogen) atoms. The van der Waals surface area contributed by atoms with Gasteiger partial charge in [0.25, 0.3) is 0 Å². The zero-order chi connectivity index (χ0) is 19.9. The monoisotopic (exact) mass is 402 g/mol. The molecule has 0 radical (unpaired) electrons. The Kier molecular flexibility index (Phi) is 7.00. The fraction of sp³-hybridized carbons (Fsp3) is 0.450. The van der Waals surface area contributed by atoms with Gasteiger partial charge in [-0.05, 0) is 48.3 Å². The van der Waals surface area contributed by atoms with E-state index in [1.54, 1.807) is 11.3 Å². The van der Waals surface area contributed by atoms with Crippen LogP contribution in [-0.4, -0.2) is 43.5 Å². The summed E-state index contributed by atoms with van der Waals surface area (Å²) >= 11 is 1.63. The van der Waals surface area contributed by atoms with Crippen molar-refractivity contribution < 1.29 is 14.4 Å². The number of fused-ring (bicyclic) bond motifs is 1. The fourth-order valence-electron chi connectivity index (χ4n) is 3.37. The van der Waals surface area contributed by atoms with Gasteiger partial charge in [0.1, 0.15) is 6.04 Å². The normalized spacial score (nSPS) is 15.8. The maximum atomic E-state index is 12.7. The Balaban J connectivity index is 1.72. The van der Waals surface area contributed by atoms with Crippen molar-refractivity contribution in [2.75, 3.05) is 19.8 Å². The number of rotatable bonds is 7. The van der Waals surface area contributed by atoms with Crippen LogP contribution in [0.4, 0.5) is 0 Å². The Hall–Kier alpha value is -2.45. The van der Waals surface area contributed by atoms with Gasteiger partial charge in [0.15, 0.2) is 0 Å². The van der Waals surface area contributed by atoms with Crippen molar-refractivity contribution in [1.29, 1.82) is 0 Å². The maximum Gasteiger partial charge on any atom is 0.244 e. The van der Waals surface area contributed by atoms with Crippen molar-refractivity contribution in [3.63, 3.8) is 0 Å². The van der Waals surface area contributed by atoms with E-state index in [0.717, 1.165) is 41.6 Å². The number of hydrogen-bond donors (Lipinski definition) is 4. The Morgan fingerprint density at radius 1 is 1.18 bits per heavy atom. The molecule has 0 spiro atoms. The molecule has 1 aliphatic heterocycles. The second-order valence-corrected chi connectivity index (χ2v) is 7.91. The SMILES string of the molecule is CC(=O)NCNC(=O)[C@@H](Cc1csc2ccccc12)NC(=O)C1CCNCC1. The van der Waals surface area contributed by atoms with E-state index in [1.165, 1.54) is 6.92 Å². The topological polar surface area (TPSA) is 99.3 Å². The van der Waals surface area contributed by atoms with Gasteiger partial charge in [-0.15, -0.1) is 11.3 Å². The van der Waals surface area contributed by atoms with Crippen molar-refractivity contribution in [1.82, 2.24) is 21.3 Å². The molecule has 1 atom stereocenters. The molecule has 1 fully saturated rings. The summed E-state index contributed by atoms with van der Waals surface area (Å²) in [6, 6.07) is 7.34. The van der Waals surface area contributed by atoms with Crippen LogP contribution in [0.15, 0.2) is 29.6 Å². The van der Waals surface area contributed by atoms with E-state index in [1.807, 2.05) is 29.6 Å². The molecule has 2 aromatic rings. The predicted molar refractivity (Wildman–Crippen MR) is 110 cm³/mol. The van der Waals surface area contributed by atoms with Gasteiger partial charge < -0.3 is 21.3 Å². The van der Waals surface area contributed by atoms with Gasteiger partial charge >= 0.3 is 0 Å². The summed E-state index contributed by atoms with van der Waals surface area (Å²) < 4.78 is 1.15. The zero-order valence-electron chi connectivity index (χ0n) is 15.9. The lowest BCUT2D eigenvalue weighted by Crippen LogP contribution is -2.52. The van der Waals surface area contributed by atoms with Crippen molar-refractivity contribution in [3.05, 3.63) is 35.2 Å². The van der Waals surface area contributed by atoms with Gasteiger partial charge in [-0.1, -0.05) is 18.2 Å². The first-order valence-electron chi connectivity index (χ1n) is 9.53. The summed E-state index contributed by atoms with van der Waals surface area (Å²) in [6.45, 7) is 3.05. The van der Waals surface area contributed by atoms with E-state index >= 15 is 0 Å². The molecule has 3 rings (SSSR count). The molecule has 1 aromatic heterocycles. The summed E-state index contributed by atoms with van der Waals surface area (Å²) in [5.74, 6) is -0.683. The first-order chi connectivity index (χ1) is 13.5. The lowest BCUT2D eigenvalue weighted by atomic mass is 9.96. The molecule has 1 aromatic carbocycles. The van der Waals surface area contributed by atoms with Crippen molar-refractivity contribution in [3.8, 4) is 0 Å². The summed E-state index contributed by atoms with van der Waals surface area (Å²) in [5, 5.41) is 14.6. The third kappa shape index (κ3) is 5.30. The first kappa shape index (κ1) is 20.3.